The number of hydrogen-bond acceptors (Lipinski definition) is 4. The Morgan fingerprint density at radius 3 is 2.77 bits per heavy atom. The molecule has 0 amide bonds. The van der Waals surface area contributed by atoms with E-state index in [1.165, 1.54) is 11.3 Å². The molecule has 0 aliphatic carbocycles. The minimum Gasteiger partial charge on any atom is -0.372 e. The van der Waals surface area contributed by atoms with E-state index < -0.39 is 0 Å². The van der Waals surface area contributed by atoms with Crippen molar-refractivity contribution in [3.05, 3.63) is 47.4 Å². The van der Waals surface area contributed by atoms with Gasteiger partial charge in [-0.05, 0) is 31.9 Å². The molecule has 4 nitrogen and oxygen atoms in total. The van der Waals surface area contributed by atoms with Gasteiger partial charge in [-0.1, -0.05) is 25.1 Å². The van der Waals surface area contributed by atoms with E-state index in [2.05, 4.69) is 66.0 Å². The zero-order valence-electron chi connectivity index (χ0n) is 13.9. The molecule has 0 bridgehead atoms. The molecule has 1 aliphatic rings. The van der Waals surface area contributed by atoms with Crippen molar-refractivity contribution in [2.24, 2.45) is 0 Å². The fourth-order valence-corrected chi connectivity index (χ4v) is 3.20. The highest BCUT2D eigenvalue weighted by Crippen LogP contribution is 2.29. The lowest BCUT2D eigenvalue weighted by Crippen LogP contribution is -2.38. The van der Waals surface area contributed by atoms with Gasteiger partial charge in [0.05, 0.1) is 0 Å². The summed E-state index contributed by atoms with van der Waals surface area (Å²) in [6, 6.07) is 11.2. The minimum absolute atomic E-state index is 0.399. The lowest BCUT2D eigenvalue weighted by atomic mass is 10.1. The standard InChI is InChI=1S/C18H24N4/c1-5-16-10-18(20-14(3)19-16)22-12-15-8-6-7-9-17(15)21(4)11-13(22)2/h6-10,13H,5,11-12H2,1-4H3. The lowest BCUT2D eigenvalue weighted by Gasteiger charge is -2.29. The summed E-state index contributed by atoms with van der Waals surface area (Å²) in [6.45, 7) is 8.26. The fourth-order valence-electron chi connectivity index (χ4n) is 3.20. The molecule has 0 saturated carbocycles. The molecular weight excluding hydrogens is 272 g/mol. The molecule has 0 N–H and O–H groups in total. The highest BCUT2D eigenvalue weighted by atomic mass is 15.3. The Morgan fingerprint density at radius 1 is 1.23 bits per heavy atom. The van der Waals surface area contributed by atoms with Gasteiger partial charge < -0.3 is 9.80 Å². The van der Waals surface area contributed by atoms with Crippen LogP contribution in [0.25, 0.3) is 0 Å². The van der Waals surface area contributed by atoms with Gasteiger partial charge >= 0.3 is 0 Å². The first kappa shape index (κ1) is 14.8. The summed E-state index contributed by atoms with van der Waals surface area (Å²) in [5.74, 6) is 1.90. The van der Waals surface area contributed by atoms with Crippen LogP contribution >= 0.6 is 0 Å². The minimum atomic E-state index is 0.399. The molecule has 1 aromatic carbocycles. The number of para-hydroxylation sites is 1. The Kier molecular flexibility index (Phi) is 4.01. The fraction of sp³-hybridized carbons (Fsp3) is 0.444. The highest BCUT2D eigenvalue weighted by molar-refractivity contribution is 5.57. The molecule has 0 fully saturated rings. The van der Waals surface area contributed by atoms with Crippen molar-refractivity contribution in [1.82, 2.24) is 9.97 Å². The Hall–Kier alpha value is -2.10. The predicted octanol–water partition coefficient (Wildman–Crippen LogP) is 3.19. The first-order chi connectivity index (χ1) is 10.6. The zero-order valence-corrected chi connectivity index (χ0v) is 13.9. The molecule has 1 aromatic heterocycles. The van der Waals surface area contributed by atoms with Crippen LogP contribution in [0, 0.1) is 6.92 Å². The molecule has 2 aromatic rings. The number of benzene rings is 1. The summed E-state index contributed by atoms with van der Waals surface area (Å²) in [6.07, 6.45) is 0.940. The van der Waals surface area contributed by atoms with Crippen LogP contribution in [-0.2, 0) is 13.0 Å². The maximum atomic E-state index is 4.69. The quantitative estimate of drug-likeness (QED) is 0.852. The molecule has 1 unspecified atom stereocenters. The van der Waals surface area contributed by atoms with E-state index in [1.807, 2.05) is 6.92 Å². The van der Waals surface area contributed by atoms with Crippen LogP contribution in [0.5, 0.6) is 0 Å². The van der Waals surface area contributed by atoms with Gasteiger partial charge in [0.25, 0.3) is 0 Å². The molecule has 22 heavy (non-hydrogen) atoms. The van der Waals surface area contributed by atoms with Crippen LogP contribution in [0.3, 0.4) is 0 Å². The number of anilines is 2. The second kappa shape index (κ2) is 5.95. The van der Waals surface area contributed by atoms with Crippen molar-refractivity contribution in [2.75, 3.05) is 23.4 Å². The largest absolute Gasteiger partial charge is 0.372 e. The molecular formula is C18H24N4. The van der Waals surface area contributed by atoms with Crippen LogP contribution in [0.15, 0.2) is 30.3 Å². The van der Waals surface area contributed by atoms with Gasteiger partial charge in [-0.3, -0.25) is 0 Å². The van der Waals surface area contributed by atoms with E-state index >= 15 is 0 Å². The Balaban J connectivity index is 2.02. The van der Waals surface area contributed by atoms with Crippen molar-refractivity contribution in [3.8, 4) is 0 Å². The Morgan fingerprint density at radius 2 is 2.00 bits per heavy atom. The molecule has 116 valence electrons. The lowest BCUT2D eigenvalue weighted by molar-refractivity contribution is 0.633. The number of nitrogens with zero attached hydrogens (tertiary/aromatic N) is 4. The van der Waals surface area contributed by atoms with Crippen LogP contribution in [-0.4, -0.2) is 29.6 Å². The molecule has 0 spiro atoms. The van der Waals surface area contributed by atoms with E-state index in [9.17, 15) is 0 Å². The summed E-state index contributed by atoms with van der Waals surface area (Å²) in [7, 11) is 2.17. The van der Waals surface area contributed by atoms with Crippen molar-refractivity contribution >= 4 is 11.5 Å². The summed E-state index contributed by atoms with van der Waals surface area (Å²) in [4.78, 5) is 13.9. The summed E-state index contributed by atoms with van der Waals surface area (Å²) in [5.41, 5.74) is 3.78. The Labute approximate surface area is 132 Å². The van der Waals surface area contributed by atoms with Gasteiger partial charge in [-0.15, -0.1) is 0 Å². The highest BCUT2D eigenvalue weighted by Gasteiger charge is 2.24. The molecule has 4 heteroatoms. The van der Waals surface area contributed by atoms with Gasteiger partial charge in [0.2, 0.25) is 0 Å². The van der Waals surface area contributed by atoms with Crippen LogP contribution in [0.4, 0.5) is 11.5 Å². The third kappa shape index (κ3) is 2.78. The first-order valence-corrected chi connectivity index (χ1v) is 7.98. The van der Waals surface area contributed by atoms with Crippen LogP contribution in [0.2, 0.25) is 0 Å². The number of rotatable bonds is 2. The van der Waals surface area contributed by atoms with Gasteiger partial charge in [0.15, 0.2) is 0 Å². The summed E-state index contributed by atoms with van der Waals surface area (Å²) in [5, 5.41) is 0. The Bertz CT molecular complexity index is 668. The molecule has 1 atom stereocenters. The van der Waals surface area contributed by atoms with Crippen molar-refractivity contribution < 1.29 is 0 Å². The maximum absolute atomic E-state index is 4.69. The SMILES string of the molecule is CCc1cc(N2Cc3ccccc3N(C)CC2C)nc(C)n1. The zero-order chi connectivity index (χ0) is 15.7. The number of hydrogen-bond donors (Lipinski definition) is 0. The van der Waals surface area contributed by atoms with Crippen LogP contribution < -0.4 is 9.80 Å². The molecule has 0 radical (unpaired) electrons. The maximum Gasteiger partial charge on any atom is 0.133 e. The first-order valence-electron chi connectivity index (χ1n) is 7.98. The molecule has 0 saturated heterocycles. The third-order valence-corrected chi connectivity index (χ3v) is 4.35. The van der Waals surface area contributed by atoms with E-state index in [-0.39, 0.29) is 0 Å². The topological polar surface area (TPSA) is 32.3 Å². The predicted molar refractivity (Wildman–Crippen MR) is 91.5 cm³/mol. The van der Waals surface area contributed by atoms with E-state index in [0.717, 1.165) is 36.8 Å². The normalized spacial score (nSPS) is 18.1. The van der Waals surface area contributed by atoms with Gasteiger partial charge in [0.1, 0.15) is 11.6 Å². The molecule has 3 rings (SSSR count). The van der Waals surface area contributed by atoms with E-state index in [4.69, 9.17) is 4.98 Å². The van der Waals surface area contributed by atoms with E-state index in [1.54, 1.807) is 0 Å². The number of likely N-dealkylation sites (N-methyl/N-ethyl adjacent to an activating group) is 1. The second-order valence-electron chi connectivity index (χ2n) is 6.10. The second-order valence-corrected chi connectivity index (χ2v) is 6.10. The van der Waals surface area contributed by atoms with Crippen molar-refractivity contribution in [1.29, 1.82) is 0 Å². The van der Waals surface area contributed by atoms with Crippen LogP contribution in [0.1, 0.15) is 30.9 Å². The molecule has 1 aliphatic heterocycles. The number of aromatic nitrogens is 2. The van der Waals surface area contributed by atoms with E-state index in [0.29, 0.717) is 6.04 Å². The smallest absolute Gasteiger partial charge is 0.133 e. The average Bonchev–Trinajstić information content (AvgIpc) is 2.63. The third-order valence-electron chi connectivity index (χ3n) is 4.35. The molecule has 2 heterocycles. The van der Waals surface area contributed by atoms with Gasteiger partial charge in [-0.2, -0.15) is 0 Å². The van der Waals surface area contributed by atoms with Crippen molar-refractivity contribution in [3.63, 3.8) is 0 Å². The number of aryl methyl sites for hydroxylation is 2. The number of fused-ring (bicyclic) bond motifs is 1. The van der Waals surface area contributed by atoms with Gasteiger partial charge in [0, 0.05) is 43.6 Å². The summed E-state index contributed by atoms with van der Waals surface area (Å²) < 4.78 is 0. The average molecular weight is 296 g/mol. The summed E-state index contributed by atoms with van der Waals surface area (Å²) >= 11 is 0. The monoisotopic (exact) mass is 296 g/mol. The van der Waals surface area contributed by atoms with Gasteiger partial charge in [-0.25, -0.2) is 9.97 Å². The van der Waals surface area contributed by atoms with Crippen molar-refractivity contribution in [2.45, 2.75) is 39.8 Å².